The van der Waals surface area contributed by atoms with E-state index < -0.39 is 0 Å². The Hall–Kier alpha value is -1.60. The van der Waals surface area contributed by atoms with Crippen molar-refractivity contribution in [2.75, 3.05) is 25.5 Å². The number of aromatic nitrogens is 3. The van der Waals surface area contributed by atoms with Gasteiger partial charge in [-0.05, 0) is 32.4 Å². The van der Waals surface area contributed by atoms with Gasteiger partial charge < -0.3 is 20.8 Å². The number of hydrogen-bond donors (Lipinski definition) is 2. The number of anilines is 1. The summed E-state index contributed by atoms with van der Waals surface area (Å²) in [5.74, 6) is 0.464. The van der Waals surface area contributed by atoms with E-state index in [0.29, 0.717) is 25.6 Å². The number of hydrogen-bond acceptors (Lipinski definition) is 5. The molecule has 2 aromatic heterocycles. The largest absolute Gasteiger partial charge is 0.382 e. The Balaban J connectivity index is 0.00000156. The molecule has 0 saturated carbocycles. The van der Waals surface area contributed by atoms with E-state index in [1.54, 1.807) is 0 Å². The molecule has 3 rings (SSSR count). The van der Waals surface area contributed by atoms with E-state index in [1.807, 2.05) is 31.5 Å². The summed E-state index contributed by atoms with van der Waals surface area (Å²) >= 11 is 0. The average molecular weight is 386 g/mol. The zero-order chi connectivity index (χ0) is 16.2. The molecule has 8 heteroatoms. The maximum Gasteiger partial charge on any atom is 0.152 e. The maximum absolute atomic E-state index is 6.10. The maximum atomic E-state index is 6.10. The van der Waals surface area contributed by atoms with Gasteiger partial charge in [0.2, 0.25) is 0 Å². The molecule has 2 heterocycles. The first kappa shape index (κ1) is 21.4. The van der Waals surface area contributed by atoms with E-state index in [1.165, 1.54) is 0 Å². The van der Waals surface area contributed by atoms with E-state index in [9.17, 15) is 0 Å². The third-order valence-electron chi connectivity index (χ3n) is 4.09. The number of halogens is 2. The van der Waals surface area contributed by atoms with Gasteiger partial charge in [-0.3, -0.25) is 0 Å². The van der Waals surface area contributed by atoms with Crippen molar-refractivity contribution in [3.8, 4) is 0 Å². The lowest BCUT2D eigenvalue weighted by Gasteiger charge is -2.20. The van der Waals surface area contributed by atoms with Crippen molar-refractivity contribution in [2.24, 2.45) is 5.73 Å². The van der Waals surface area contributed by atoms with E-state index >= 15 is 0 Å². The molecule has 1 aromatic carbocycles. The van der Waals surface area contributed by atoms with Gasteiger partial charge in [-0.2, -0.15) is 0 Å². The second-order valence-electron chi connectivity index (χ2n) is 5.61. The molecule has 0 amide bonds. The number of rotatable bonds is 7. The molecule has 0 aliphatic heterocycles. The number of pyridine rings is 1. The molecule has 3 aromatic rings. The van der Waals surface area contributed by atoms with Gasteiger partial charge in [0, 0.05) is 12.0 Å². The second-order valence-corrected chi connectivity index (χ2v) is 5.61. The van der Waals surface area contributed by atoms with Crippen molar-refractivity contribution in [3.05, 3.63) is 30.6 Å². The highest BCUT2D eigenvalue weighted by Gasteiger charge is 2.18. The third-order valence-corrected chi connectivity index (χ3v) is 4.09. The van der Waals surface area contributed by atoms with Crippen molar-refractivity contribution in [1.82, 2.24) is 14.5 Å². The summed E-state index contributed by atoms with van der Waals surface area (Å²) in [6, 6.07) is 8.19. The SMILES string of the molecule is CCOCC(CCCN)n1cnc2c(N)nc3ccccc3c21.Cl.Cl. The number of benzene rings is 1. The topological polar surface area (TPSA) is 92.0 Å². The molecule has 0 radical (unpaired) electrons. The molecule has 1 unspecified atom stereocenters. The summed E-state index contributed by atoms with van der Waals surface area (Å²) in [4.78, 5) is 8.95. The summed E-state index contributed by atoms with van der Waals surface area (Å²) in [5, 5.41) is 1.06. The van der Waals surface area contributed by atoms with Crippen LogP contribution in [-0.4, -0.2) is 34.3 Å². The van der Waals surface area contributed by atoms with Gasteiger partial charge in [0.25, 0.3) is 0 Å². The fourth-order valence-electron chi connectivity index (χ4n) is 2.96. The Morgan fingerprint density at radius 3 is 2.72 bits per heavy atom. The highest BCUT2D eigenvalue weighted by atomic mass is 35.5. The van der Waals surface area contributed by atoms with Gasteiger partial charge in [-0.25, -0.2) is 9.97 Å². The molecule has 25 heavy (non-hydrogen) atoms. The summed E-state index contributed by atoms with van der Waals surface area (Å²) in [6.07, 6.45) is 3.73. The lowest BCUT2D eigenvalue weighted by molar-refractivity contribution is 0.111. The lowest BCUT2D eigenvalue weighted by Crippen LogP contribution is -2.16. The third kappa shape index (κ3) is 4.33. The monoisotopic (exact) mass is 385 g/mol. The highest BCUT2D eigenvalue weighted by molar-refractivity contribution is 6.06. The van der Waals surface area contributed by atoms with Crippen LogP contribution in [0.25, 0.3) is 21.9 Å². The van der Waals surface area contributed by atoms with E-state index in [0.717, 1.165) is 34.8 Å². The number of ether oxygens (including phenoxy) is 1. The smallest absolute Gasteiger partial charge is 0.152 e. The number of nitrogens with zero attached hydrogens (tertiary/aromatic N) is 3. The molecule has 0 fully saturated rings. The van der Waals surface area contributed by atoms with Crippen LogP contribution in [-0.2, 0) is 4.74 Å². The van der Waals surface area contributed by atoms with Gasteiger partial charge in [0.15, 0.2) is 5.82 Å². The zero-order valence-electron chi connectivity index (χ0n) is 14.2. The molecule has 4 N–H and O–H groups in total. The van der Waals surface area contributed by atoms with E-state index in [4.69, 9.17) is 16.2 Å². The average Bonchev–Trinajstić information content (AvgIpc) is 3.01. The van der Waals surface area contributed by atoms with Crippen molar-refractivity contribution < 1.29 is 4.74 Å². The van der Waals surface area contributed by atoms with E-state index in [2.05, 4.69) is 20.6 Å². The first-order valence-corrected chi connectivity index (χ1v) is 8.04. The molecule has 0 aliphatic carbocycles. The molecule has 0 spiro atoms. The van der Waals surface area contributed by atoms with Gasteiger partial charge >= 0.3 is 0 Å². The Kier molecular flexibility index (Phi) is 8.38. The van der Waals surface area contributed by atoms with Gasteiger partial charge in [0.1, 0.15) is 5.52 Å². The molecular formula is C17H25Cl2N5O. The molecule has 0 bridgehead atoms. The second kappa shape index (κ2) is 9.77. The Bertz CT molecular complexity index is 800. The first-order valence-electron chi connectivity index (χ1n) is 8.04. The Labute approximate surface area is 159 Å². The number of nitrogens with two attached hydrogens (primary N) is 2. The molecule has 6 nitrogen and oxygen atoms in total. The van der Waals surface area contributed by atoms with Crippen LogP contribution in [0.4, 0.5) is 5.82 Å². The van der Waals surface area contributed by atoms with Crippen LogP contribution < -0.4 is 11.5 Å². The van der Waals surface area contributed by atoms with Gasteiger partial charge in [-0.15, -0.1) is 24.8 Å². The Morgan fingerprint density at radius 2 is 2.00 bits per heavy atom. The lowest BCUT2D eigenvalue weighted by atomic mass is 10.1. The normalized spacial score (nSPS) is 11.9. The molecule has 0 aliphatic rings. The van der Waals surface area contributed by atoms with Crippen LogP contribution in [0, 0.1) is 0 Å². The minimum atomic E-state index is 0. The number of nitrogen functional groups attached to an aromatic ring is 1. The van der Waals surface area contributed by atoms with Gasteiger partial charge in [-0.1, -0.05) is 18.2 Å². The summed E-state index contributed by atoms with van der Waals surface area (Å²) in [6.45, 7) is 4.00. The quantitative estimate of drug-likeness (QED) is 0.650. The minimum Gasteiger partial charge on any atom is -0.382 e. The number of para-hydroxylation sites is 1. The van der Waals surface area contributed by atoms with Crippen LogP contribution >= 0.6 is 24.8 Å². The first-order chi connectivity index (χ1) is 11.3. The van der Waals surface area contributed by atoms with Crippen molar-refractivity contribution >= 4 is 52.6 Å². The van der Waals surface area contributed by atoms with Crippen molar-refractivity contribution in [2.45, 2.75) is 25.8 Å². The van der Waals surface area contributed by atoms with Crippen LogP contribution in [0.1, 0.15) is 25.8 Å². The van der Waals surface area contributed by atoms with Crippen LogP contribution in [0.3, 0.4) is 0 Å². The summed E-state index contributed by atoms with van der Waals surface area (Å²) in [7, 11) is 0. The minimum absolute atomic E-state index is 0. The Morgan fingerprint density at radius 1 is 1.24 bits per heavy atom. The molecule has 138 valence electrons. The zero-order valence-corrected chi connectivity index (χ0v) is 15.9. The summed E-state index contributed by atoms with van der Waals surface area (Å²) < 4.78 is 7.84. The van der Waals surface area contributed by atoms with Crippen molar-refractivity contribution in [1.29, 1.82) is 0 Å². The summed E-state index contributed by atoms with van der Waals surface area (Å²) in [5.41, 5.74) is 14.4. The highest BCUT2D eigenvalue weighted by Crippen LogP contribution is 2.30. The standard InChI is InChI=1S/C17H23N5O.2ClH/c1-2-23-10-12(6-5-9-18)22-11-20-15-16(22)13-7-3-4-8-14(13)21-17(15)19;;/h3-4,7-8,11-12H,2,5-6,9-10,18H2,1H3,(H2,19,21);2*1H. The van der Waals surface area contributed by atoms with E-state index in [-0.39, 0.29) is 30.9 Å². The predicted octanol–water partition coefficient (Wildman–Crippen LogP) is 3.33. The molecular weight excluding hydrogens is 361 g/mol. The van der Waals surface area contributed by atoms with Crippen LogP contribution in [0.5, 0.6) is 0 Å². The number of imidazole rings is 1. The fourth-order valence-corrected chi connectivity index (χ4v) is 2.96. The fraction of sp³-hybridized carbons (Fsp3) is 0.412. The predicted molar refractivity (Wildman–Crippen MR) is 108 cm³/mol. The molecule has 1 atom stereocenters. The van der Waals surface area contributed by atoms with Gasteiger partial charge in [0.05, 0.1) is 30.0 Å². The van der Waals surface area contributed by atoms with Crippen molar-refractivity contribution in [3.63, 3.8) is 0 Å². The van der Waals surface area contributed by atoms with Crippen LogP contribution in [0.15, 0.2) is 30.6 Å². The molecule has 0 saturated heterocycles. The number of fused-ring (bicyclic) bond motifs is 3. The van der Waals surface area contributed by atoms with Crippen LogP contribution in [0.2, 0.25) is 0 Å².